The molecule has 1 N–H and O–H groups in total. The summed E-state index contributed by atoms with van der Waals surface area (Å²) in [6, 6.07) is 17.1. The van der Waals surface area contributed by atoms with Gasteiger partial charge in [-0.1, -0.05) is 65.4 Å². The highest BCUT2D eigenvalue weighted by Gasteiger charge is 2.12. The van der Waals surface area contributed by atoms with Gasteiger partial charge in [-0.2, -0.15) is 0 Å². The number of nitrogens with one attached hydrogen (secondary N) is 1. The van der Waals surface area contributed by atoms with Gasteiger partial charge in [-0.05, 0) is 24.1 Å². The zero-order chi connectivity index (χ0) is 16.1. The lowest BCUT2D eigenvalue weighted by Gasteiger charge is -2.02. The standard InChI is InChI=1S/C17H14ClN3OS/c18-14-9-5-4-8-13(14)16(22)19-17-21-20-15(23-17)11-10-12-6-2-1-3-7-12/h1-9H,10-11H2,(H,19,21,22). The molecule has 0 saturated carbocycles. The Morgan fingerprint density at radius 2 is 1.74 bits per heavy atom. The van der Waals surface area contributed by atoms with Crippen LogP contribution in [0.3, 0.4) is 0 Å². The van der Waals surface area contributed by atoms with Gasteiger partial charge in [0.05, 0.1) is 10.6 Å². The van der Waals surface area contributed by atoms with Gasteiger partial charge in [0, 0.05) is 6.42 Å². The van der Waals surface area contributed by atoms with E-state index in [-0.39, 0.29) is 5.91 Å². The van der Waals surface area contributed by atoms with Crippen molar-refractivity contribution in [3.63, 3.8) is 0 Å². The topological polar surface area (TPSA) is 54.9 Å². The molecule has 0 aliphatic rings. The quantitative estimate of drug-likeness (QED) is 0.754. The van der Waals surface area contributed by atoms with Crippen LogP contribution in [0.15, 0.2) is 54.6 Å². The minimum Gasteiger partial charge on any atom is -0.296 e. The number of halogens is 1. The van der Waals surface area contributed by atoms with Crippen LogP contribution >= 0.6 is 22.9 Å². The smallest absolute Gasteiger partial charge is 0.259 e. The third kappa shape index (κ3) is 4.15. The van der Waals surface area contributed by atoms with Crippen molar-refractivity contribution in [2.45, 2.75) is 12.8 Å². The second-order valence-electron chi connectivity index (χ2n) is 4.92. The first-order chi connectivity index (χ1) is 11.2. The molecule has 4 nitrogen and oxygen atoms in total. The molecule has 1 heterocycles. The van der Waals surface area contributed by atoms with Gasteiger partial charge in [-0.15, -0.1) is 10.2 Å². The van der Waals surface area contributed by atoms with E-state index in [2.05, 4.69) is 27.6 Å². The Hall–Kier alpha value is -2.24. The lowest BCUT2D eigenvalue weighted by Crippen LogP contribution is -2.12. The molecule has 1 amide bonds. The lowest BCUT2D eigenvalue weighted by atomic mass is 10.1. The van der Waals surface area contributed by atoms with Crippen molar-refractivity contribution in [2.24, 2.45) is 0 Å². The molecule has 6 heteroatoms. The van der Waals surface area contributed by atoms with Crippen LogP contribution in [0, 0.1) is 0 Å². The predicted molar refractivity (Wildman–Crippen MR) is 93.2 cm³/mol. The molecule has 0 unspecified atom stereocenters. The second kappa shape index (κ2) is 7.35. The fourth-order valence-electron chi connectivity index (χ4n) is 2.11. The molecule has 2 aromatic carbocycles. The Morgan fingerprint density at radius 3 is 2.52 bits per heavy atom. The summed E-state index contributed by atoms with van der Waals surface area (Å²) in [6.45, 7) is 0. The van der Waals surface area contributed by atoms with E-state index < -0.39 is 0 Å². The second-order valence-corrected chi connectivity index (χ2v) is 6.39. The average molecular weight is 344 g/mol. The Kier molecular flexibility index (Phi) is 5.00. The number of carbonyl (C=O) groups is 1. The minimum absolute atomic E-state index is 0.277. The van der Waals surface area contributed by atoms with Gasteiger partial charge in [0.2, 0.25) is 5.13 Å². The number of hydrogen-bond acceptors (Lipinski definition) is 4. The summed E-state index contributed by atoms with van der Waals surface area (Å²) in [5.74, 6) is -0.277. The number of carbonyl (C=O) groups excluding carboxylic acids is 1. The first-order valence-corrected chi connectivity index (χ1v) is 8.34. The maximum Gasteiger partial charge on any atom is 0.259 e. The molecular weight excluding hydrogens is 330 g/mol. The van der Waals surface area contributed by atoms with Crippen LogP contribution < -0.4 is 5.32 Å². The number of benzene rings is 2. The Balaban J connectivity index is 1.61. The lowest BCUT2D eigenvalue weighted by molar-refractivity contribution is 0.102. The number of anilines is 1. The fraction of sp³-hybridized carbons (Fsp3) is 0.118. The first kappa shape index (κ1) is 15.6. The van der Waals surface area contributed by atoms with Gasteiger partial charge in [0.1, 0.15) is 5.01 Å². The van der Waals surface area contributed by atoms with E-state index in [9.17, 15) is 4.79 Å². The van der Waals surface area contributed by atoms with E-state index in [4.69, 9.17) is 11.6 Å². The monoisotopic (exact) mass is 343 g/mol. The molecule has 0 atom stereocenters. The molecule has 0 aliphatic carbocycles. The zero-order valence-corrected chi connectivity index (χ0v) is 13.8. The first-order valence-electron chi connectivity index (χ1n) is 7.14. The Morgan fingerprint density at radius 1 is 1.00 bits per heavy atom. The van der Waals surface area contributed by atoms with Gasteiger partial charge in [-0.3, -0.25) is 10.1 Å². The van der Waals surface area contributed by atoms with E-state index in [1.807, 2.05) is 18.2 Å². The van der Waals surface area contributed by atoms with Gasteiger partial charge >= 0.3 is 0 Å². The fourth-order valence-corrected chi connectivity index (χ4v) is 3.07. The Bertz CT molecular complexity index is 804. The molecule has 23 heavy (non-hydrogen) atoms. The number of rotatable bonds is 5. The molecule has 0 spiro atoms. The molecule has 0 radical (unpaired) electrons. The molecule has 0 bridgehead atoms. The predicted octanol–water partition coefficient (Wildman–Crippen LogP) is 4.23. The summed E-state index contributed by atoms with van der Waals surface area (Å²) in [6.07, 6.45) is 1.69. The van der Waals surface area contributed by atoms with Crippen molar-refractivity contribution in [3.8, 4) is 0 Å². The summed E-state index contributed by atoms with van der Waals surface area (Å²) >= 11 is 7.40. The molecule has 0 aliphatic heterocycles. The highest BCUT2D eigenvalue weighted by molar-refractivity contribution is 7.15. The summed E-state index contributed by atoms with van der Waals surface area (Å²) in [5.41, 5.74) is 1.68. The molecule has 3 rings (SSSR count). The Labute approximate surface area is 143 Å². The van der Waals surface area contributed by atoms with Crippen molar-refractivity contribution in [3.05, 3.63) is 75.8 Å². The number of amides is 1. The van der Waals surface area contributed by atoms with E-state index in [1.54, 1.807) is 24.3 Å². The maximum atomic E-state index is 12.2. The zero-order valence-electron chi connectivity index (χ0n) is 12.2. The van der Waals surface area contributed by atoms with Crippen LogP contribution in [0.2, 0.25) is 5.02 Å². The van der Waals surface area contributed by atoms with Crippen molar-refractivity contribution in [1.29, 1.82) is 0 Å². The summed E-state index contributed by atoms with van der Waals surface area (Å²) in [7, 11) is 0. The summed E-state index contributed by atoms with van der Waals surface area (Å²) in [5, 5.41) is 12.7. The van der Waals surface area contributed by atoms with Gasteiger partial charge in [0.25, 0.3) is 5.91 Å². The molecule has 1 aromatic heterocycles. The highest BCUT2D eigenvalue weighted by atomic mass is 35.5. The maximum absolute atomic E-state index is 12.2. The SMILES string of the molecule is O=C(Nc1nnc(CCc2ccccc2)s1)c1ccccc1Cl. The van der Waals surface area contributed by atoms with E-state index in [1.165, 1.54) is 16.9 Å². The van der Waals surface area contributed by atoms with Crippen molar-refractivity contribution >= 4 is 34.0 Å². The largest absolute Gasteiger partial charge is 0.296 e. The third-order valence-electron chi connectivity index (χ3n) is 3.28. The van der Waals surface area contributed by atoms with Gasteiger partial charge in [0.15, 0.2) is 0 Å². The van der Waals surface area contributed by atoms with E-state index in [0.29, 0.717) is 15.7 Å². The van der Waals surface area contributed by atoms with Crippen LogP contribution in [0.5, 0.6) is 0 Å². The van der Waals surface area contributed by atoms with Crippen LogP contribution in [-0.2, 0) is 12.8 Å². The minimum atomic E-state index is -0.277. The van der Waals surface area contributed by atoms with Crippen LogP contribution in [-0.4, -0.2) is 16.1 Å². The number of hydrogen-bond donors (Lipinski definition) is 1. The van der Waals surface area contributed by atoms with E-state index >= 15 is 0 Å². The van der Waals surface area contributed by atoms with Crippen LogP contribution in [0.1, 0.15) is 20.9 Å². The van der Waals surface area contributed by atoms with Gasteiger partial charge in [-0.25, -0.2) is 0 Å². The summed E-state index contributed by atoms with van der Waals surface area (Å²) in [4.78, 5) is 12.2. The molecule has 116 valence electrons. The van der Waals surface area contributed by atoms with E-state index in [0.717, 1.165) is 17.8 Å². The van der Waals surface area contributed by atoms with Crippen LogP contribution in [0.4, 0.5) is 5.13 Å². The number of nitrogens with zero attached hydrogens (tertiary/aromatic N) is 2. The van der Waals surface area contributed by atoms with Crippen molar-refractivity contribution < 1.29 is 4.79 Å². The molecular formula is C17H14ClN3OS. The number of aryl methyl sites for hydroxylation is 2. The van der Waals surface area contributed by atoms with Crippen molar-refractivity contribution in [2.75, 3.05) is 5.32 Å². The molecule has 0 fully saturated rings. The average Bonchev–Trinajstić information content (AvgIpc) is 3.02. The van der Waals surface area contributed by atoms with Gasteiger partial charge < -0.3 is 0 Å². The van der Waals surface area contributed by atoms with Crippen molar-refractivity contribution in [1.82, 2.24) is 10.2 Å². The summed E-state index contributed by atoms with van der Waals surface area (Å²) < 4.78 is 0. The van der Waals surface area contributed by atoms with Crippen LogP contribution in [0.25, 0.3) is 0 Å². The molecule has 3 aromatic rings. The third-order valence-corrected chi connectivity index (χ3v) is 4.50. The molecule has 0 saturated heterocycles. The number of aromatic nitrogens is 2. The highest BCUT2D eigenvalue weighted by Crippen LogP contribution is 2.20. The normalized spacial score (nSPS) is 10.5.